The lowest BCUT2D eigenvalue weighted by atomic mass is 10.2. The molecule has 0 atom stereocenters. The number of sulfonamides is 1. The number of nitro groups is 1. The predicted molar refractivity (Wildman–Crippen MR) is 79.3 cm³/mol. The molecule has 2 aromatic carbocycles. The minimum absolute atomic E-state index is 0.0249. The summed E-state index contributed by atoms with van der Waals surface area (Å²) in [5, 5.41) is 10.7. The lowest BCUT2D eigenvalue weighted by Gasteiger charge is -1.99. The predicted octanol–water partition coefficient (Wildman–Crippen LogP) is 3.06. The van der Waals surface area contributed by atoms with Crippen LogP contribution in [0.1, 0.15) is 5.56 Å². The van der Waals surface area contributed by atoms with Crippen molar-refractivity contribution < 1.29 is 13.3 Å². The molecule has 0 radical (unpaired) electrons. The first-order valence-corrected chi connectivity index (χ1v) is 7.51. The Bertz CT molecular complexity index is 804. The molecule has 0 fully saturated rings. The van der Waals surface area contributed by atoms with Gasteiger partial charge in [0.2, 0.25) is 0 Å². The molecular weight excluding hydrogens is 316 g/mol. The van der Waals surface area contributed by atoms with Crippen molar-refractivity contribution in [3.63, 3.8) is 0 Å². The van der Waals surface area contributed by atoms with Gasteiger partial charge >= 0.3 is 0 Å². The van der Waals surface area contributed by atoms with E-state index in [0.29, 0.717) is 0 Å². The smallest absolute Gasteiger partial charge is 0.258 e. The van der Waals surface area contributed by atoms with Crippen molar-refractivity contribution in [3.8, 4) is 0 Å². The Hall–Kier alpha value is -2.25. The average Bonchev–Trinajstić information content (AvgIpc) is 2.47. The zero-order valence-corrected chi connectivity index (χ0v) is 12.1. The van der Waals surface area contributed by atoms with E-state index in [1.807, 2.05) is 0 Å². The molecule has 0 unspecified atom stereocenters. The molecule has 0 amide bonds. The van der Waals surface area contributed by atoms with Gasteiger partial charge in [-0.1, -0.05) is 35.9 Å². The number of hydrogen-bond donors (Lipinski definition) is 0. The molecule has 2 aromatic rings. The van der Waals surface area contributed by atoms with Gasteiger partial charge in [-0.25, -0.2) is 0 Å². The third-order valence-electron chi connectivity index (χ3n) is 2.55. The molecule has 0 aliphatic heterocycles. The van der Waals surface area contributed by atoms with Crippen LogP contribution in [-0.2, 0) is 10.0 Å². The van der Waals surface area contributed by atoms with Crippen molar-refractivity contribution in [2.45, 2.75) is 4.90 Å². The fourth-order valence-corrected chi connectivity index (χ4v) is 2.60. The van der Waals surface area contributed by atoms with E-state index in [0.717, 1.165) is 12.3 Å². The molecular formula is C13H9ClN2O4S. The summed E-state index contributed by atoms with van der Waals surface area (Å²) in [4.78, 5) is 10.2. The van der Waals surface area contributed by atoms with E-state index < -0.39 is 14.9 Å². The molecule has 8 heteroatoms. The van der Waals surface area contributed by atoms with Crippen molar-refractivity contribution in [3.05, 3.63) is 69.2 Å². The Morgan fingerprint density at radius 2 is 1.81 bits per heavy atom. The largest absolute Gasteiger partial charge is 0.288 e. The zero-order chi connectivity index (χ0) is 15.5. The van der Waals surface area contributed by atoms with E-state index in [4.69, 9.17) is 11.6 Å². The molecule has 0 aliphatic rings. The lowest BCUT2D eigenvalue weighted by molar-refractivity contribution is -0.384. The minimum atomic E-state index is -3.84. The molecule has 21 heavy (non-hydrogen) atoms. The highest BCUT2D eigenvalue weighted by Crippen LogP contribution is 2.24. The second-order valence-electron chi connectivity index (χ2n) is 3.99. The number of benzene rings is 2. The second-order valence-corrected chi connectivity index (χ2v) is 6.03. The summed E-state index contributed by atoms with van der Waals surface area (Å²) in [6, 6.07) is 11.6. The third kappa shape index (κ3) is 3.65. The van der Waals surface area contributed by atoms with Crippen molar-refractivity contribution in [2.75, 3.05) is 0 Å². The Morgan fingerprint density at radius 3 is 2.43 bits per heavy atom. The van der Waals surface area contributed by atoms with Crippen LogP contribution in [0.15, 0.2) is 57.8 Å². The third-order valence-corrected chi connectivity index (χ3v) is 4.12. The Balaban J connectivity index is 2.34. The molecule has 0 saturated heterocycles. The van der Waals surface area contributed by atoms with E-state index in [9.17, 15) is 18.5 Å². The van der Waals surface area contributed by atoms with Crippen molar-refractivity contribution >= 4 is 33.5 Å². The summed E-state index contributed by atoms with van der Waals surface area (Å²) >= 11 is 5.67. The second kappa shape index (κ2) is 6.02. The van der Waals surface area contributed by atoms with Gasteiger partial charge in [-0.05, 0) is 18.2 Å². The fraction of sp³-hybridized carbons (Fsp3) is 0. The van der Waals surface area contributed by atoms with Crippen LogP contribution in [-0.4, -0.2) is 19.6 Å². The minimum Gasteiger partial charge on any atom is -0.258 e. The molecule has 0 N–H and O–H groups in total. The fourth-order valence-electron chi connectivity index (χ4n) is 1.53. The molecule has 0 aromatic heterocycles. The van der Waals surface area contributed by atoms with Gasteiger partial charge in [-0.2, -0.15) is 12.8 Å². The molecule has 0 spiro atoms. The van der Waals surface area contributed by atoms with Gasteiger partial charge in [0.25, 0.3) is 15.7 Å². The van der Waals surface area contributed by atoms with Gasteiger partial charge in [-0.15, -0.1) is 0 Å². The molecule has 0 aliphatic carbocycles. The van der Waals surface area contributed by atoms with E-state index >= 15 is 0 Å². The van der Waals surface area contributed by atoms with Gasteiger partial charge in [0, 0.05) is 17.8 Å². The van der Waals surface area contributed by atoms with E-state index in [1.54, 1.807) is 18.2 Å². The van der Waals surface area contributed by atoms with Crippen LogP contribution in [0, 0.1) is 10.1 Å². The van der Waals surface area contributed by atoms with Crippen LogP contribution in [0.5, 0.6) is 0 Å². The number of rotatable bonds is 4. The monoisotopic (exact) mass is 324 g/mol. The number of nitrogens with zero attached hydrogens (tertiary/aromatic N) is 2. The number of nitro benzene ring substituents is 1. The van der Waals surface area contributed by atoms with E-state index in [2.05, 4.69) is 4.40 Å². The number of halogens is 1. The van der Waals surface area contributed by atoms with Crippen molar-refractivity contribution in [1.82, 2.24) is 0 Å². The Labute approximate surface area is 125 Å². The first-order chi connectivity index (χ1) is 9.90. The maximum absolute atomic E-state index is 11.9. The van der Waals surface area contributed by atoms with Crippen LogP contribution in [0.3, 0.4) is 0 Å². The summed E-state index contributed by atoms with van der Waals surface area (Å²) in [6.45, 7) is 0. The van der Waals surface area contributed by atoms with E-state index in [1.165, 1.54) is 24.3 Å². The number of hydrogen-bond acceptors (Lipinski definition) is 4. The van der Waals surface area contributed by atoms with Gasteiger partial charge in [0.05, 0.1) is 9.82 Å². The molecule has 6 nitrogen and oxygen atoms in total. The standard InChI is InChI=1S/C13H9ClN2O4S/c14-12-7-6-10(8-13(12)16(17)18)9-15-21(19,20)11-4-2-1-3-5-11/h1-9H/b15-9-. The van der Waals surface area contributed by atoms with Crippen LogP contribution in [0.25, 0.3) is 0 Å². The van der Waals surface area contributed by atoms with Crippen molar-refractivity contribution in [1.29, 1.82) is 0 Å². The van der Waals surface area contributed by atoms with Crippen LogP contribution >= 0.6 is 11.6 Å². The van der Waals surface area contributed by atoms with Gasteiger partial charge < -0.3 is 0 Å². The summed E-state index contributed by atoms with van der Waals surface area (Å²) in [6.07, 6.45) is 1.05. The molecule has 0 heterocycles. The normalized spacial score (nSPS) is 11.7. The average molecular weight is 325 g/mol. The maximum atomic E-state index is 11.9. The lowest BCUT2D eigenvalue weighted by Crippen LogP contribution is -1.98. The summed E-state index contributed by atoms with van der Waals surface area (Å²) in [5.41, 5.74) is -0.0386. The van der Waals surface area contributed by atoms with Gasteiger partial charge in [-0.3, -0.25) is 10.1 Å². The van der Waals surface area contributed by atoms with Crippen LogP contribution in [0.2, 0.25) is 5.02 Å². The highest BCUT2D eigenvalue weighted by Gasteiger charge is 2.13. The highest BCUT2D eigenvalue weighted by atomic mass is 35.5. The summed E-state index contributed by atoms with van der Waals surface area (Å²) in [5.74, 6) is 0. The van der Waals surface area contributed by atoms with Gasteiger partial charge in [0.15, 0.2) is 0 Å². The first-order valence-electron chi connectivity index (χ1n) is 5.69. The Morgan fingerprint density at radius 1 is 1.14 bits per heavy atom. The highest BCUT2D eigenvalue weighted by molar-refractivity contribution is 7.90. The quantitative estimate of drug-likeness (QED) is 0.491. The molecule has 0 saturated carbocycles. The van der Waals surface area contributed by atoms with Crippen LogP contribution in [0.4, 0.5) is 5.69 Å². The maximum Gasteiger partial charge on any atom is 0.288 e. The SMILES string of the molecule is O=[N+]([O-])c1cc(/C=N\S(=O)(=O)c2ccccc2)ccc1Cl. The zero-order valence-electron chi connectivity index (χ0n) is 10.5. The topological polar surface area (TPSA) is 89.6 Å². The first kappa shape index (κ1) is 15.1. The van der Waals surface area contributed by atoms with Gasteiger partial charge in [0.1, 0.15) is 5.02 Å². The summed E-state index contributed by atoms with van der Waals surface area (Å²) < 4.78 is 27.4. The molecule has 0 bridgehead atoms. The van der Waals surface area contributed by atoms with E-state index in [-0.39, 0.29) is 21.2 Å². The Kier molecular flexibility index (Phi) is 4.35. The van der Waals surface area contributed by atoms with Crippen LogP contribution < -0.4 is 0 Å². The summed E-state index contributed by atoms with van der Waals surface area (Å²) in [7, 11) is -3.84. The molecule has 108 valence electrons. The molecule has 2 rings (SSSR count). The van der Waals surface area contributed by atoms with Crippen molar-refractivity contribution in [2.24, 2.45) is 4.40 Å².